The van der Waals surface area contributed by atoms with E-state index in [1.165, 1.54) is 11.3 Å². The van der Waals surface area contributed by atoms with E-state index in [4.69, 9.17) is 28.7 Å². The van der Waals surface area contributed by atoms with Crippen LogP contribution in [0.4, 0.5) is 5.13 Å². The van der Waals surface area contributed by atoms with E-state index < -0.39 is 0 Å². The third-order valence-electron chi connectivity index (χ3n) is 6.13. The van der Waals surface area contributed by atoms with Crippen LogP contribution in [0.1, 0.15) is 30.6 Å². The van der Waals surface area contributed by atoms with Gasteiger partial charge in [-0.2, -0.15) is 0 Å². The first-order valence-electron chi connectivity index (χ1n) is 12.6. The lowest BCUT2D eigenvalue weighted by Gasteiger charge is -2.27. The minimum absolute atomic E-state index is 0. The second kappa shape index (κ2) is 14.4. The van der Waals surface area contributed by atoms with Crippen LogP contribution >= 0.6 is 23.7 Å². The number of aromatic nitrogens is 1. The molecule has 38 heavy (non-hydrogen) atoms. The van der Waals surface area contributed by atoms with Crippen LogP contribution in [0.5, 0.6) is 23.0 Å². The van der Waals surface area contributed by atoms with Crippen LogP contribution in [0, 0.1) is 0 Å². The first kappa shape index (κ1) is 29.8. The lowest BCUT2D eigenvalue weighted by atomic mass is 10.1. The fraction of sp³-hybridized carbons (Fsp3) is 0.481. The highest BCUT2D eigenvalue weighted by Gasteiger charge is 2.25. The Kier molecular flexibility index (Phi) is 11.3. The van der Waals surface area contributed by atoms with Crippen molar-refractivity contribution in [2.45, 2.75) is 20.3 Å². The molecule has 2 heterocycles. The maximum absolute atomic E-state index is 13.9. The topological polar surface area (TPSA) is 82.6 Å². The van der Waals surface area contributed by atoms with E-state index in [1.54, 1.807) is 37.3 Å². The van der Waals surface area contributed by atoms with E-state index in [1.807, 2.05) is 26.0 Å². The molecule has 11 heteroatoms. The predicted octanol–water partition coefficient (Wildman–Crippen LogP) is 4.90. The molecule has 9 nitrogen and oxygen atoms in total. The summed E-state index contributed by atoms with van der Waals surface area (Å²) < 4.78 is 28.9. The van der Waals surface area contributed by atoms with E-state index in [0.29, 0.717) is 59.0 Å². The average molecular weight is 566 g/mol. The van der Waals surface area contributed by atoms with Gasteiger partial charge in [0.15, 0.2) is 16.6 Å². The number of halogens is 1. The van der Waals surface area contributed by atoms with Gasteiger partial charge in [0, 0.05) is 31.7 Å². The molecule has 4 rings (SSSR count). The number of benzene rings is 2. The van der Waals surface area contributed by atoms with E-state index in [9.17, 15) is 4.79 Å². The number of fused-ring (bicyclic) bond motifs is 1. The molecule has 0 aliphatic carbocycles. The van der Waals surface area contributed by atoms with Crippen LogP contribution in [0.25, 0.3) is 10.2 Å². The molecular formula is C27H36ClN3O6S. The highest BCUT2D eigenvalue weighted by atomic mass is 35.5. The van der Waals surface area contributed by atoms with Crippen molar-refractivity contribution >= 4 is 45.0 Å². The molecule has 1 aromatic heterocycles. The number of ether oxygens (including phenoxy) is 5. The summed E-state index contributed by atoms with van der Waals surface area (Å²) in [7, 11) is 3.24. The second-order valence-electron chi connectivity index (χ2n) is 8.44. The number of morpholine rings is 1. The highest BCUT2D eigenvalue weighted by molar-refractivity contribution is 7.22. The normalized spacial score (nSPS) is 13.6. The molecule has 0 atom stereocenters. The van der Waals surface area contributed by atoms with Crippen LogP contribution in [-0.2, 0) is 4.74 Å². The number of thiazole rings is 1. The number of carbonyl (C=O) groups is 1. The molecule has 0 saturated carbocycles. The third kappa shape index (κ3) is 6.79. The monoisotopic (exact) mass is 565 g/mol. The van der Waals surface area contributed by atoms with Crippen LogP contribution in [0.3, 0.4) is 0 Å². The number of rotatable bonds is 12. The van der Waals surface area contributed by atoms with E-state index in [2.05, 4.69) is 4.90 Å². The van der Waals surface area contributed by atoms with Crippen molar-refractivity contribution in [3.8, 4) is 23.0 Å². The Bertz CT molecular complexity index is 1160. The molecule has 208 valence electrons. The van der Waals surface area contributed by atoms with Crippen molar-refractivity contribution in [3.05, 3.63) is 35.9 Å². The highest BCUT2D eigenvalue weighted by Crippen LogP contribution is 2.40. The zero-order valence-corrected chi connectivity index (χ0v) is 24.0. The SMILES string of the molecule is CCOc1ccc(C(=O)N(CCCN2CCOCC2)c2nc3c(OC)ccc(OC)c3s2)cc1OCC.Cl. The summed E-state index contributed by atoms with van der Waals surface area (Å²) in [6.45, 7) is 9.48. The van der Waals surface area contributed by atoms with Crippen molar-refractivity contribution in [1.29, 1.82) is 0 Å². The Morgan fingerprint density at radius 2 is 1.66 bits per heavy atom. The average Bonchev–Trinajstić information content (AvgIpc) is 3.37. The van der Waals surface area contributed by atoms with Gasteiger partial charge < -0.3 is 23.7 Å². The number of hydrogen-bond acceptors (Lipinski definition) is 9. The summed E-state index contributed by atoms with van der Waals surface area (Å²) >= 11 is 1.42. The van der Waals surface area contributed by atoms with Gasteiger partial charge in [-0.3, -0.25) is 14.6 Å². The molecule has 0 bridgehead atoms. The van der Waals surface area contributed by atoms with E-state index >= 15 is 0 Å². The first-order chi connectivity index (χ1) is 18.1. The van der Waals surface area contributed by atoms with Crippen LogP contribution in [0.15, 0.2) is 30.3 Å². The van der Waals surface area contributed by atoms with Gasteiger partial charge in [-0.15, -0.1) is 12.4 Å². The van der Waals surface area contributed by atoms with Crippen molar-refractivity contribution in [2.75, 3.05) is 71.7 Å². The Labute approximate surface area is 234 Å². The third-order valence-corrected chi connectivity index (χ3v) is 7.22. The molecule has 1 amide bonds. The van der Waals surface area contributed by atoms with Gasteiger partial charge in [0.2, 0.25) is 0 Å². The second-order valence-corrected chi connectivity index (χ2v) is 9.41. The van der Waals surface area contributed by atoms with Gasteiger partial charge in [-0.1, -0.05) is 11.3 Å². The molecule has 3 aromatic rings. The fourth-order valence-electron chi connectivity index (χ4n) is 4.29. The summed E-state index contributed by atoms with van der Waals surface area (Å²) in [6, 6.07) is 9.00. The fourth-order valence-corrected chi connectivity index (χ4v) is 5.39. The van der Waals surface area contributed by atoms with Crippen molar-refractivity contribution in [3.63, 3.8) is 0 Å². The first-order valence-corrected chi connectivity index (χ1v) is 13.4. The molecule has 1 aliphatic heterocycles. The Balaban J connectivity index is 0.00000400. The number of nitrogens with zero attached hydrogens (tertiary/aromatic N) is 3. The van der Waals surface area contributed by atoms with Gasteiger partial charge >= 0.3 is 0 Å². The summed E-state index contributed by atoms with van der Waals surface area (Å²) in [5, 5.41) is 0.594. The van der Waals surface area contributed by atoms with Crippen LogP contribution in [0.2, 0.25) is 0 Å². The minimum atomic E-state index is -0.150. The van der Waals surface area contributed by atoms with Gasteiger partial charge in [0.1, 0.15) is 21.7 Å². The van der Waals surface area contributed by atoms with E-state index in [0.717, 1.165) is 44.0 Å². The molecule has 0 unspecified atom stereocenters. The lowest BCUT2D eigenvalue weighted by molar-refractivity contribution is 0.0376. The number of carbonyl (C=O) groups excluding carboxylic acids is 1. The molecule has 1 fully saturated rings. The maximum atomic E-state index is 13.9. The molecule has 2 aromatic carbocycles. The van der Waals surface area contributed by atoms with Gasteiger partial charge in [-0.05, 0) is 50.6 Å². The van der Waals surface area contributed by atoms with Crippen molar-refractivity contribution in [1.82, 2.24) is 9.88 Å². The molecule has 1 aliphatic rings. The Hall–Kier alpha value is -2.79. The van der Waals surface area contributed by atoms with E-state index in [-0.39, 0.29) is 18.3 Å². The number of methoxy groups -OCH3 is 2. The molecule has 0 spiro atoms. The molecule has 0 N–H and O–H groups in total. The number of hydrogen-bond donors (Lipinski definition) is 0. The zero-order valence-electron chi connectivity index (χ0n) is 22.4. The quantitative estimate of drug-likeness (QED) is 0.307. The summed E-state index contributed by atoms with van der Waals surface area (Å²) in [4.78, 5) is 22.9. The minimum Gasteiger partial charge on any atom is -0.495 e. The largest absolute Gasteiger partial charge is 0.495 e. The smallest absolute Gasteiger partial charge is 0.260 e. The maximum Gasteiger partial charge on any atom is 0.260 e. The van der Waals surface area contributed by atoms with Crippen molar-refractivity contribution in [2.24, 2.45) is 0 Å². The van der Waals surface area contributed by atoms with Gasteiger partial charge in [0.25, 0.3) is 5.91 Å². The van der Waals surface area contributed by atoms with Gasteiger partial charge in [-0.25, -0.2) is 4.98 Å². The summed E-state index contributed by atoms with van der Waals surface area (Å²) in [6.07, 6.45) is 0.797. The Morgan fingerprint density at radius 3 is 2.34 bits per heavy atom. The molecule has 0 radical (unpaired) electrons. The van der Waals surface area contributed by atoms with Gasteiger partial charge in [0.05, 0.1) is 40.6 Å². The lowest BCUT2D eigenvalue weighted by Crippen LogP contribution is -2.39. The number of anilines is 1. The standard InChI is InChI=1S/C27H35N3O6S.ClH/c1-5-35-20-9-8-19(18-23(20)36-6-2)26(31)30(13-7-12-29-14-16-34-17-15-29)27-28-24-21(32-3)10-11-22(33-4)25(24)37-27;/h8-11,18H,5-7,12-17H2,1-4H3;1H. The van der Waals surface area contributed by atoms with Crippen LogP contribution in [-0.4, -0.2) is 82.6 Å². The summed E-state index contributed by atoms with van der Waals surface area (Å²) in [5.74, 6) is 2.35. The van der Waals surface area contributed by atoms with Crippen LogP contribution < -0.4 is 23.8 Å². The molecular weight excluding hydrogens is 530 g/mol. The predicted molar refractivity (Wildman–Crippen MR) is 152 cm³/mol. The van der Waals surface area contributed by atoms with Crippen molar-refractivity contribution < 1.29 is 28.5 Å². The molecule has 1 saturated heterocycles. The Morgan fingerprint density at radius 1 is 1.00 bits per heavy atom. The number of amides is 1. The summed E-state index contributed by atoms with van der Waals surface area (Å²) in [5.41, 5.74) is 1.19. The zero-order chi connectivity index (χ0) is 26.2.